The summed E-state index contributed by atoms with van der Waals surface area (Å²) in [6.07, 6.45) is 1.75. The molecule has 0 saturated carbocycles. The van der Waals surface area contributed by atoms with Gasteiger partial charge in [-0.1, -0.05) is 49.7 Å². The molecular weight excluding hydrogens is 488 g/mol. The molecule has 1 aromatic heterocycles. The Morgan fingerprint density at radius 2 is 1.84 bits per heavy atom. The van der Waals surface area contributed by atoms with Crippen LogP contribution in [0, 0.1) is 17.2 Å². The maximum absolute atomic E-state index is 13.2. The quantitative estimate of drug-likeness (QED) is 0.198. The third kappa shape index (κ3) is 5.63. The van der Waals surface area contributed by atoms with Gasteiger partial charge in [-0.3, -0.25) is 4.79 Å². The molecule has 3 aromatic carbocycles. The number of carbonyl (C=O) groups excluding carboxylic acids is 1. The van der Waals surface area contributed by atoms with Gasteiger partial charge >= 0.3 is 0 Å². The molecule has 0 spiro atoms. The highest BCUT2D eigenvalue weighted by molar-refractivity contribution is 6.31. The molecule has 1 heterocycles. The number of rotatable bonds is 8. The molecule has 0 aliphatic rings. The Morgan fingerprint density at radius 3 is 2.49 bits per heavy atom. The smallest absolute Gasteiger partial charge is 0.255 e. The molecule has 1 amide bonds. The number of nitrogens with zero attached hydrogens (tertiary/aromatic N) is 1. The Morgan fingerprint density at radius 1 is 1.08 bits per heavy atom. The molecule has 0 radical (unpaired) electrons. The van der Waals surface area contributed by atoms with Gasteiger partial charge in [0, 0.05) is 28.1 Å². The van der Waals surface area contributed by atoms with Gasteiger partial charge in [-0.25, -0.2) is 0 Å². The van der Waals surface area contributed by atoms with Crippen molar-refractivity contribution >= 4 is 40.1 Å². The number of methoxy groups -OCH3 is 2. The molecular formula is C30H27ClN2O4. The predicted octanol–water partition coefficient (Wildman–Crippen LogP) is 7.22. The maximum atomic E-state index is 13.2. The van der Waals surface area contributed by atoms with Crippen molar-refractivity contribution in [3.63, 3.8) is 0 Å². The lowest BCUT2D eigenvalue weighted by molar-refractivity contribution is 0.0950. The number of ether oxygens (including phenoxy) is 2. The first-order chi connectivity index (χ1) is 17.8. The number of hydrogen-bond donors (Lipinski definition) is 1. The monoisotopic (exact) mass is 514 g/mol. The number of benzene rings is 3. The molecule has 4 aromatic rings. The molecule has 6 nitrogen and oxygen atoms in total. The van der Waals surface area contributed by atoms with Crippen molar-refractivity contribution in [3.8, 4) is 28.9 Å². The van der Waals surface area contributed by atoms with E-state index in [0.717, 1.165) is 5.56 Å². The van der Waals surface area contributed by atoms with Crippen LogP contribution in [0.1, 0.15) is 35.3 Å². The third-order valence-electron chi connectivity index (χ3n) is 5.86. The molecule has 0 fully saturated rings. The van der Waals surface area contributed by atoms with Crippen molar-refractivity contribution in [2.24, 2.45) is 5.92 Å². The average Bonchev–Trinajstić information content (AvgIpc) is 3.29. The predicted molar refractivity (Wildman–Crippen MR) is 147 cm³/mol. The summed E-state index contributed by atoms with van der Waals surface area (Å²) in [4.78, 5) is 13.2. The summed E-state index contributed by atoms with van der Waals surface area (Å²) in [5.41, 5.74) is 3.59. The Labute approximate surface area is 221 Å². The van der Waals surface area contributed by atoms with Crippen molar-refractivity contribution in [2.75, 3.05) is 20.8 Å². The summed E-state index contributed by atoms with van der Waals surface area (Å²) in [5.74, 6) is 1.81. The topological polar surface area (TPSA) is 84.5 Å². The van der Waals surface area contributed by atoms with E-state index in [1.807, 2.05) is 44.2 Å². The van der Waals surface area contributed by atoms with Gasteiger partial charge < -0.3 is 19.2 Å². The third-order valence-corrected chi connectivity index (χ3v) is 6.10. The van der Waals surface area contributed by atoms with Gasteiger partial charge in [-0.2, -0.15) is 5.26 Å². The molecule has 7 heteroatoms. The van der Waals surface area contributed by atoms with Crippen LogP contribution >= 0.6 is 11.6 Å². The lowest BCUT2D eigenvalue weighted by Crippen LogP contribution is -2.27. The molecule has 37 heavy (non-hydrogen) atoms. The summed E-state index contributed by atoms with van der Waals surface area (Å²) in [7, 11) is 3.16. The van der Waals surface area contributed by atoms with Crippen LogP contribution in [-0.4, -0.2) is 26.7 Å². The van der Waals surface area contributed by atoms with Gasteiger partial charge in [-0.05, 0) is 54.0 Å². The van der Waals surface area contributed by atoms with Crippen molar-refractivity contribution < 1.29 is 18.7 Å². The first kappa shape index (κ1) is 25.9. The number of furan rings is 1. The summed E-state index contributed by atoms with van der Waals surface area (Å²) >= 11 is 6.23. The second-order valence-electron chi connectivity index (χ2n) is 8.91. The summed E-state index contributed by atoms with van der Waals surface area (Å²) in [6.45, 7) is 4.60. The van der Waals surface area contributed by atoms with Crippen molar-refractivity contribution in [2.45, 2.75) is 13.8 Å². The second kappa shape index (κ2) is 11.2. The largest absolute Gasteiger partial charge is 0.497 e. The van der Waals surface area contributed by atoms with Crippen molar-refractivity contribution in [1.29, 1.82) is 5.26 Å². The molecule has 1 N–H and O–H groups in total. The van der Waals surface area contributed by atoms with E-state index in [2.05, 4.69) is 11.4 Å². The summed E-state index contributed by atoms with van der Waals surface area (Å²) < 4.78 is 16.9. The fourth-order valence-electron chi connectivity index (χ4n) is 3.97. The van der Waals surface area contributed by atoms with Gasteiger partial charge in [0.25, 0.3) is 5.91 Å². The molecule has 0 unspecified atom stereocenters. The Bertz CT molecular complexity index is 1510. The number of allylic oxidation sites excluding steroid dienone is 1. The highest BCUT2D eigenvalue weighted by atomic mass is 35.5. The van der Waals surface area contributed by atoms with E-state index in [9.17, 15) is 10.1 Å². The van der Waals surface area contributed by atoms with Crippen LogP contribution in [0.25, 0.3) is 33.9 Å². The fraction of sp³-hybridized carbons (Fsp3) is 0.200. The molecule has 0 aliphatic carbocycles. The van der Waals surface area contributed by atoms with Gasteiger partial charge in [0.1, 0.15) is 22.8 Å². The Hall–Kier alpha value is -4.21. The van der Waals surface area contributed by atoms with Crippen LogP contribution in [0.4, 0.5) is 0 Å². The Kier molecular flexibility index (Phi) is 7.86. The van der Waals surface area contributed by atoms with Crippen LogP contribution in [0.5, 0.6) is 11.5 Å². The van der Waals surface area contributed by atoms with E-state index in [1.54, 1.807) is 50.6 Å². The molecule has 0 atom stereocenters. The van der Waals surface area contributed by atoms with Gasteiger partial charge in [-0.15, -0.1) is 0 Å². The van der Waals surface area contributed by atoms with Crippen molar-refractivity contribution in [1.82, 2.24) is 5.32 Å². The van der Waals surface area contributed by atoms with Crippen LogP contribution in [0.2, 0.25) is 5.02 Å². The van der Waals surface area contributed by atoms with Crippen LogP contribution < -0.4 is 14.8 Å². The minimum atomic E-state index is -0.225. The van der Waals surface area contributed by atoms with Crippen molar-refractivity contribution in [3.05, 3.63) is 82.4 Å². The van der Waals surface area contributed by atoms with Gasteiger partial charge in [0.15, 0.2) is 0 Å². The number of hydrogen-bond acceptors (Lipinski definition) is 5. The van der Waals surface area contributed by atoms with Crippen LogP contribution in [0.15, 0.2) is 65.1 Å². The average molecular weight is 515 g/mol. The number of amides is 1. The zero-order valence-electron chi connectivity index (χ0n) is 21.1. The molecule has 188 valence electrons. The van der Waals surface area contributed by atoms with Crippen LogP contribution in [0.3, 0.4) is 0 Å². The lowest BCUT2D eigenvalue weighted by atomic mass is 9.99. The normalized spacial score (nSPS) is 11.4. The summed E-state index contributed by atoms with van der Waals surface area (Å²) in [5, 5.41) is 14.0. The second-order valence-corrected chi connectivity index (χ2v) is 9.34. The first-order valence-corrected chi connectivity index (χ1v) is 12.2. The zero-order chi connectivity index (χ0) is 26.5. The van der Waals surface area contributed by atoms with E-state index >= 15 is 0 Å². The van der Waals surface area contributed by atoms with Gasteiger partial charge in [0.05, 0.1) is 31.4 Å². The summed E-state index contributed by atoms with van der Waals surface area (Å²) in [6, 6.07) is 20.2. The number of fused-ring (bicyclic) bond motifs is 1. The Balaban J connectivity index is 1.75. The SMILES string of the molecule is COc1ccc(OC)c(/C=C(\C#N)c2ccc(-c3oc4ccc(Cl)cc4c3C(=O)NCC(C)C)cc2)c1. The highest BCUT2D eigenvalue weighted by Crippen LogP contribution is 2.36. The fourth-order valence-corrected chi connectivity index (χ4v) is 4.14. The molecule has 0 bridgehead atoms. The van der Waals surface area contributed by atoms with Gasteiger partial charge in [0.2, 0.25) is 0 Å². The van der Waals surface area contributed by atoms with E-state index in [4.69, 9.17) is 25.5 Å². The molecule has 0 saturated heterocycles. The number of nitriles is 1. The molecule has 0 aliphatic heterocycles. The number of carbonyl (C=O) groups is 1. The number of nitrogens with one attached hydrogen (secondary N) is 1. The van der Waals surface area contributed by atoms with E-state index in [0.29, 0.717) is 68.0 Å². The highest BCUT2D eigenvalue weighted by Gasteiger charge is 2.22. The lowest BCUT2D eigenvalue weighted by Gasteiger charge is -2.09. The van der Waals surface area contributed by atoms with E-state index in [1.165, 1.54) is 0 Å². The first-order valence-electron chi connectivity index (χ1n) is 11.8. The van der Waals surface area contributed by atoms with E-state index in [-0.39, 0.29) is 5.91 Å². The number of halogens is 1. The van der Waals surface area contributed by atoms with Crippen LogP contribution in [-0.2, 0) is 0 Å². The van der Waals surface area contributed by atoms with E-state index < -0.39 is 0 Å². The standard InChI is InChI=1S/C30H27ClN2O4/c1-18(2)17-33-30(34)28-25-15-23(31)9-11-27(25)37-29(28)20-7-5-19(6-8-20)22(16-32)13-21-14-24(35-3)10-12-26(21)36-4/h5-15,18H,17H2,1-4H3,(H,33,34)/b22-13+. The molecule has 4 rings (SSSR count). The minimum Gasteiger partial charge on any atom is -0.497 e. The zero-order valence-corrected chi connectivity index (χ0v) is 21.8. The maximum Gasteiger partial charge on any atom is 0.255 e. The minimum absolute atomic E-state index is 0.225.